The molecule has 0 fully saturated rings. The van der Waals surface area contributed by atoms with Crippen LogP contribution in [-0.4, -0.2) is 58.5 Å². The maximum atomic E-state index is 5.08. The Morgan fingerprint density at radius 2 is 2.04 bits per heavy atom. The minimum absolute atomic E-state index is 0. The molecule has 0 aliphatic carbocycles. The lowest BCUT2D eigenvalue weighted by atomic mass is 10.2. The highest BCUT2D eigenvalue weighted by Gasteiger charge is 2.16. The summed E-state index contributed by atoms with van der Waals surface area (Å²) in [6.45, 7) is 9.23. The van der Waals surface area contributed by atoms with Crippen LogP contribution in [0, 0.1) is 6.92 Å². The van der Waals surface area contributed by atoms with E-state index in [9.17, 15) is 0 Å². The van der Waals surface area contributed by atoms with E-state index in [2.05, 4.69) is 45.9 Å². The van der Waals surface area contributed by atoms with Gasteiger partial charge in [0, 0.05) is 38.6 Å². The molecule has 0 aromatic carbocycles. The van der Waals surface area contributed by atoms with Gasteiger partial charge < -0.3 is 19.9 Å². The van der Waals surface area contributed by atoms with Gasteiger partial charge in [-0.1, -0.05) is 0 Å². The molecule has 0 saturated carbocycles. The molecule has 1 aromatic heterocycles. The van der Waals surface area contributed by atoms with E-state index < -0.39 is 0 Å². The number of guanidine groups is 1. The number of halogens is 1. The molecule has 0 atom stereocenters. The molecule has 0 aliphatic heterocycles. The zero-order chi connectivity index (χ0) is 17.3. The predicted molar refractivity (Wildman–Crippen MR) is 112 cm³/mol. The molecule has 1 heterocycles. The van der Waals surface area contributed by atoms with Crippen molar-refractivity contribution in [2.24, 2.45) is 12.0 Å². The zero-order valence-electron chi connectivity index (χ0n) is 15.5. The third kappa shape index (κ3) is 8.52. The van der Waals surface area contributed by atoms with Gasteiger partial charge in [-0.15, -0.1) is 34.2 Å². The number of nitrogens with zero attached hydrogens (tertiary/aromatic N) is 4. The Kier molecular flexibility index (Phi) is 11.6. The standard InChI is InChI=1S/C15H30N6OS.HI/c1-12-19-20-13(21(12)4)10-17-14(16-8-7-9-22-5)18-11-15(2,3)23-6;/h7-11H2,1-6H3,(H2,16,17,18);1H. The second-order valence-electron chi connectivity index (χ2n) is 5.98. The molecular formula is C15H31IN6OS. The lowest BCUT2D eigenvalue weighted by Gasteiger charge is -2.24. The topological polar surface area (TPSA) is 76.4 Å². The first-order chi connectivity index (χ1) is 10.9. The summed E-state index contributed by atoms with van der Waals surface area (Å²) in [6, 6.07) is 0. The van der Waals surface area contributed by atoms with Gasteiger partial charge >= 0.3 is 0 Å². The Balaban J connectivity index is 0.00000529. The molecule has 0 saturated heterocycles. The van der Waals surface area contributed by atoms with Gasteiger partial charge in [0.25, 0.3) is 0 Å². The van der Waals surface area contributed by atoms with E-state index >= 15 is 0 Å². The number of aliphatic imine (C=N–C) groups is 1. The molecule has 1 rings (SSSR count). The zero-order valence-corrected chi connectivity index (χ0v) is 18.7. The Morgan fingerprint density at radius 3 is 2.58 bits per heavy atom. The van der Waals surface area contributed by atoms with Crippen molar-refractivity contribution < 1.29 is 4.74 Å². The monoisotopic (exact) mass is 470 g/mol. The van der Waals surface area contributed by atoms with Crippen LogP contribution in [0.3, 0.4) is 0 Å². The fourth-order valence-corrected chi connectivity index (χ4v) is 1.92. The summed E-state index contributed by atoms with van der Waals surface area (Å²) in [6.07, 6.45) is 3.05. The summed E-state index contributed by atoms with van der Waals surface area (Å²) >= 11 is 1.83. The molecule has 9 heteroatoms. The van der Waals surface area contributed by atoms with E-state index in [1.54, 1.807) is 7.11 Å². The Labute approximate surface area is 166 Å². The number of hydrogen-bond acceptors (Lipinski definition) is 5. The molecule has 0 bridgehead atoms. The van der Waals surface area contributed by atoms with E-state index in [0.29, 0.717) is 6.54 Å². The maximum Gasteiger partial charge on any atom is 0.191 e. The van der Waals surface area contributed by atoms with Crippen LogP contribution < -0.4 is 10.6 Å². The van der Waals surface area contributed by atoms with Crippen molar-refractivity contribution >= 4 is 41.7 Å². The lowest BCUT2D eigenvalue weighted by Crippen LogP contribution is -2.43. The van der Waals surface area contributed by atoms with Crippen molar-refractivity contribution in [1.29, 1.82) is 0 Å². The van der Waals surface area contributed by atoms with Gasteiger partial charge in [0.1, 0.15) is 12.4 Å². The van der Waals surface area contributed by atoms with E-state index in [1.807, 2.05) is 30.3 Å². The number of aromatic nitrogens is 3. The van der Waals surface area contributed by atoms with Crippen molar-refractivity contribution in [2.75, 3.05) is 33.1 Å². The summed E-state index contributed by atoms with van der Waals surface area (Å²) < 4.78 is 7.18. The van der Waals surface area contributed by atoms with Crippen molar-refractivity contribution in [1.82, 2.24) is 25.4 Å². The van der Waals surface area contributed by atoms with E-state index in [-0.39, 0.29) is 28.7 Å². The van der Waals surface area contributed by atoms with Gasteiger partial charge in [-0.2, -0.15) is 11.8 Å². The molecule has 0 unspecified atom stereocenters. The maximum absolute atomic E-state index is 5.08. The average Bonchev–Trinajstić information content (AvgIpc) is 2.85. The van der Waals surface area contributed by atoms with Gasteiger partial charge in [0.05, 0.1) is 0 Å². The van der Waals surface area contributed by atoms with Gasteiger partial charge in [-0.3, -0.25) is 0 Å². The summed E-state index contributed by atoms with van der Waals surface area (Å²) in [4.78, 5) is 4.62. The molecule has 0 aliphatic rings. The Hall–Kier alpha value is -0.550. The normalized spacial score (nSPS) is 12.0. The smallest absolute Gasteiger partial charge is 0.191 e. The van der Waals surface area contributed by atoms with E-state index in [4.69, 9.17) is 4.74 Å². The molecule has 1 aromatic rings. The summed E-state index contributed by atoms with van der Waals surface area (Å²) in [5.41, 5.74) is 0. The lowest BCUT2D eigenvalue weighted by molar-refractivity contribution is 0.195. The van der Waals surface area contributed by atoms with Gasteiger partial charge in [-0.05, 0) is 33.4 Å². The van der Waals surface area contributed by atoms with Crippen molar-refractivity contribution in [2.45, 2.75) is 38.5 Å². The highest BCUT2D eigenvalue weighted by molar-refractivity contribution is 14.0. The van der Waals surface area contributed by atoms with Crippen molar-refractivity contribution in [3.63, 3.8) is 0 Å². The number of aryl methyl sites for hydroxylation is 1. The summed E-state index contributed by atoms with van der Waals surface area (Å²) in [5, 5.41) is 15.0. The largest absolute Gasteiger partial charge is 0.385 e. The van der Waals surface area contributed by atoms with Crippen LogP contribution in [0.25, 0.3) is 0 Å². The fourth-order valence-electron chi connectivity index (χ4n) is 1.70. The number of thioether (sulfide) groups is 1. The number of nitrogens with one attached hydrogen (secondary N) is 2. The Morgan fingerprint density at radius 1 is 1.33 bits per heavy atom. The quantitative estimate of drug-likeness (QED) is 0.249. The van der Waals surface area contributed by atoms with Crippen LogP contribution in [0.2, 0.25) is 0 Å². The first-order valence-corrected chi connectivity index (χ1v) is 9.03. The first kappa shape index (κ1) is 23.4. The first-order valence-electron chi connectivity index (χ1n) is 7.80. The molecule has 7 nitrogen and oxygen atoms in total. The molecule has 140 valence electrons. The third-order valence-electron chi connectivity index (χ3n) is 3.61. The molecule has 0 spiro atoms. The van der Waals surface area contributed by atoms with E-state index in [0.717, 1.165) is 43.7 Å². The second-order valence-corrected chi connectivity index (χ2v) is 7.49. The highest BCUT2D eigenvalue weighted by atomic mass is 127. The SMILES string of the molecule is COCCCNC(=NCc1nnc(C)n1C)NCC(C)(C)SC.I. The van der Waals surface area contributed by atoms with Crippen LogP contribution in [0.5, 0.6) is 0 Å². The van der Waals surface area contributed by atoms with Gasteiger partial charge in [0.15, 0.2) is 11.8 Å². The molecule has 0 radical (unpaired) electrons. The molecule has 2 N–H and O–H groups in total. The van der Waals surface area contributed by atoms with Crippen molar-refractivity contribution in [3.05, 3.63) is 11.6 Å². The number of rotatable bonds is 9. The minimum atomic E-state index is 0. The molecule has 0 amide bonds. The third-order valence-corrected chi connectivity index (χ3v) is 4.86. The summed E-state index contributed by atoms with van der Waals surface area (Å²) in [5.74, 6) is 2.54. The van der Waals surface area contributed by atoms with Gasteiger partial charge in [0.2, 0.25) is 0 Å². The highest BCUT2D eigenvalue weighted by Crippen LogP contribution is 2.19. The number of methoxy groups -OCH3 is 1. The summed E-state index contributed by atoms with van der Waals surface area (Å²) in [7, 11) is 3.67. The second kappa shape index (κ2) is 11.9. The fraction of sp³-hybridized carbons (Fsp3) is 0.800. The minimum Gasteiger partial charge on any atom is -0.385 e. The van der Waals surface area contributed by atoms with Crippen LogP contribution in [0.4, 0.5) is 0 Å². The van der Waals surface area contributed by atoms with Crippen LogP contribution >= 0.6 is 35.7 Å². The number of hydrogen-bond donors (Lipinski definition) is 2. The molecule has 24 heavy (non-hydrogen) atoms. The van der Waals surface area contributed by atoms with Crippen LogP contribution in [-0.2, 0) is 18.3 Å². The van der Waals surface area contributed by atoms with Crippen LogP contribution in [0.1, 0.15) is 31.9 Å². The van der Waals surface area contributed by atoms with Crippen molar-refractivity contribution in [3.8, 4) is 0 Å². The predicted octanol–water partition coefficient (Wildman–Crippen LogP) is 1.95. The number of ether oxygens (including phenoxy) is 1. The van der Waals surface area contributed by atoms with Crippen LogP contribution in [0.15, 0.2) is 4.99 Å². The van der Waals surface area contributed by atoms with E-state index in [1.165, 1.54) is 0 Å². The van der Waals surface area contributed by atoms with Gasteiger partial charge in [-0.25, -0.2) is 4.99 Å². The Bertz CT molecular complexity index is 506. The molecular weight excluding hydrogens is 439 g/mol. The average molecular weight is 470 g/mol.